The second-order valence-corrected chi connectivity index (χ2v) is 5.79. The number of hydrogen-bond donors (Lipinski definition) is 1. The van der Waals surface area contributed by atoms with Gasteiger partial charge in [-0.2, -0.15) is 0 Å². The molecule has 1 aliphatic rings. The van der Waals surface area contributed by atoms with Gasteiger partial charge in [0.25, 0.3) is 5.91 Å². The zero-order valence-electron chi connectivity index (χ0n) is 10.5. The lowest BCUT2D eigenvalue weighted by molar-refractivity contribution is -0.141. The maximum absolute atomic E-state index is 12.4. The molecule has 108 valence electrons. The first-order valence-corrected chi connectivity index (χ1v) is 7.22. The molecule has 0 aliphatic carbocycles. The highest BCUT2D eigenvalue weighted by Gasteiger charge is 2.27. The van der Waals surface area contributed by atoms with E-state index in [4.69, 9.17) is 21.4 Å². The molecule has 5 nitrogen and oxygen atoms in total. The standard InChI is InChI=1S/C13H13BrClNO4/c14-8-1-2-11(15)10(5-8)13(19)16-3-4-20-9(7-16)6-12(17)18/h1-2,5,9H,3-4,6-7H2,(H,17,18)/t9-/m0/s1. The molecule has 1 aromatic carbocycles. The number of benzene rings is 1. The Morgan fingerprint density at radius 1 is 1.50 bits per heavy atom. The largest absolute Gasteiger partial charge is 0.481 e. The van der Waals surface area contributed by atoms with Gasteiger partial charge in [0.15, 0.2) is 0 Å². The summed E-state index contributed by atoms with van der Waals surface area (Å²) in [5, 5.41) is 9.15. The van der Waals surface area contributed by atoms with Crippen molar-refractivity contribution < 1.29 is 19.4 Å². The molecule has 0 aromatic heterocycles. The highest BCUT2D eigenvalue weighted by Crippen LogP contribution is 2.23. The van der Waals surface area contributed by atoms with Crippen molar-refractivity contribution in [2.45, 2.75) is 12.5 Å². The number of carboxylic acid groups (broad SMARTS) is 1. The molecule has 1 amide bonds. The molecular weight excluding hydrogens is 350 g/mol. The zero-order valence-corrected chi connectivity index (χ0v) is 12.9. The van der Waals surface area contributed by atoms with Crippen LogP contribution in [0.3, 0.4) is 0 Å². The summed E-state index contributed by atoms with van der Waals surface area (Å²) < 4.78 is 6.11. The Kier molecular flexibility index (Phi) is 5.01. The summed E-state index contributed by atoms with van der Waals surface area (Å²) >= 11 is 9.34. The lowest BCUT2D eigenvalue weighted by Gasteiger charge is -2.32. The van der Waals surface area contributed by atoms with Crippen molar-refractivity contribution in [3.8, 4) is 0 Å². The number of aliphatic carboxylic acids is 1. The molecule has 1 aromatic rings. The maximum atomic E-state index is 12.4. The molecule has 0 spiro atoms. The van der Waals surface area contributed by atoms with Crippen LogP contribution in [0.2, 0.25) is 5.02 Å². The summed E-state index contributed by atoms with van der Waals surface area (Å²) in [5.41, 5.74) is 0.400. The summed E-state index contributed by atoms with van der Waals surface area (Å²) in [7, 11) is 0. The van der Waals surface area contributed by atoms with E-state index in [1.807, 2.05) is 0 Å². The fraction of sp³-hybridized carbons (Fsp3) is 0.385. The number of carbonyl (C=O) groups excluding carboxylic acids is 1. The van der Waals surface area contributed by atoms with Crippen LogP contribution in [0.25, 0.3) is 0 Å². The second-order valence-electron chi connectivity index (χ2n) is 4.47. The van der Waals surface area contributed by atoms with Gasteiger partial charge < -0.3 is 14.7 Å². The minimum atomic E-state index is -0.940. The van der Waals surface area contributed by atoms with Crippen molar-refractivity contribution in [1.82, 2.24) is 4.90 Å². The van der Waals surface area contributed by atoms with Crippen LogP contribution in [-0.2, 0) is 9.53 Å². The van der Waals surface area contributed by atoms with Crippen molar-refractivity contribution in [2.24, 2.45) is 0 Å². The summed E-state index contributed by atoms with van der Waals surface area (Å²) in [6.07, 6.45) is -0.591. The molecule has 0 radical (unpaired) electrons. The van der Waals surface area contributed by atoms with Crippen molar-refractivity contribution in [1.29, 1.82) is 0 Å². The molecule has 1 atom stereocenters. The van der Waals surface area contributed by atoms with E-state index in [1.54, 1.807) is 23.1 Å². The summed E-state index contributed by atoms with van der Waals surface area (Å²) in [5.74, 6) is -1.15. The molecule has 2 rings (SSSR count). The van der Waals surface area contributed by atoms with E-state index in [1.165, 1.54) is 0 Å². The summed E-state index contributed by atoms with van der Waals surface area (Å²) in [6.45, 7) is 1.01. The minimum Gasteiger partial charge on any atom is -0.481 e. The molecule has 1 saturated heterocycles. The Labute approximate surface area is 129 Å². The second kappa shape index (κ2) is 6.56. The zero-order chi connectivity index (χ0) is 14.7. The lowest BCUT2D eigenvalue weighted by Crippen LogP contribution is -2.46. The number of carbonyl (C=O) groups is 2. The van der Waals surface area contributed by atoms with Gasteiger partial charge in [-0.1, -0.05) is 27.5 Å². The van der Waals surface area contributed by atoms with Gasteiger partial charge >= 0.3 is 5.97 Å². The molecular formula is C13H13BrClNO4. The molecule has 0 unspecified atom stereocenters. The lowest BCUT2D eigenvalue weighted by atomic mass is 10.1. The third-order valence-corrected chi connectivity index (χ3v) is 3.81. The van der Waals surface area contributed by atoms with Gasteiger partial charge in [0, 0.05) is 17.6 Å². The van der Waals surface area contributed by atoms with E-state index in [0.29, 0.717) is 23.7 Å². The first-order valence-electron chi connectivity index (χ1n) is 6.05. The fourth-order valence-corrected chi connectivity index (χ4v) is 2.61. The third-order valence-electron chi connectivity index (χ3n) is 2.99. The predicted octanol–water partition coefficient (Wildman–Crippen LogP) is 2.42. The number of amides is 1. The quantitative estimate of drug-likeness (QED) is 0.897. The van der Waals surface area contributed by atoms with Crippen LogP contribution in [0.1, 0.15) is 16.8 Å². The molecule has 20 heavy (non-hydrogen) atoms. The number of morpholine rings is 1. The monoisotopic (exact) mass is 361 g/mol. The third kappa shape index (κ3) is 3.71. The summed E-state index contributed by atoms with van der Waals surface area (Å²) in [6, 6.07) is 5.06. The first-order chi connectivity index (χ1) is 9.47. The number of ether oxygens (including phenoxy) is 1. The molecule has 7 heteroatoms. The number of rotatable bonds is 3. The van der Waals surface area contributed by atoms with Gasteiger partial charge in [-0.25, -0.2) is 0 Å². The van der Waals surface area contributed by atoms with Crippen LogP contribution in [0.15, 0.2) is 22.7 Å². The van der Waals surface area contributed by atoms with Crippen LogP contribution in [-0.4, -0.2) is 47.7 Å². The Balaban J connectivity index is 2.12. The number of halogens is 2. The number of nitrogens with zero attached hydrogens (tertiary/aromatic N) is 1. The predicted molar refractivity (Wildman–Crippen MR) is 77.0 cm³/mol. The van der Waals surface area contributed by atoms with Crippen molar-refractivity contribution in [3.05, 3.63) is 33.3 Å². The minimum absolute atomic E-state index is 0.115. The first kappa shape index (κ1) is 15.3. The van der Waals surface area contributed by atoms with Crippen LogP contribution in [0.5, 0.6) is 0 Å². The maximum Gasteiger partial charge on any atom is 0.306 e. The van der Waals surface area contributed by atoms with E-state index in [9.17, 15) is 9.59 Å². The van der Waals surface area contributed by atoms with Gasteiger partial charge in [0.1, 0.15) is 0 Å². The Morgan fingerprint density at radius 3 is 2.95 bits per heavy atom. The van der Waals surface area contributed by atoms with E-state index < -0.39 is 12.1 Å². The molecule has 1 N–H and O–H groups in total. The van der Waals surface area contributed by atoms with Crippen molar-refractivity contribution >= 4 is 39.4 Å². The number of carboxylic acids is 1. The SMILES string of the molecule is O=C(O)C[C@H]1CN(C(=O)c2cc(Br)ccc2Cl)CCO1. The molecule has 1 fully saturated rings. The van der Waals surface area contributed by atoms with E-state index >= 15 is 0 Å². The van der Waals surface area contributed by atoms with Gasteiger partial charge in [0.2, 0.25) is 0 Å². The fourth-order valence-electron chi connectivity index (χ4n) is 2.05. The van der Waals surface area contributed by atoms with E-state index in [0.717, 1.165) is 4.47 Å². The topological polar surface area (TPSA) is 66.8 Å². The molecule has 1 heterocycles. The van der Waals surface area contributed by atoms with Gasteiger partial charge in [0.05, 0.1) is 29.7 Å². The van der Waals surface area contributed by atoms with Crippen LogP contribution in [0.4, 0.5) is 0 Å². The van der Waals surface area contributed by atoms with Crippen molar-refractivity contribution in [3.63, 3.8) is 0 Å². The Morgan fingerprint density at radius 2 is 2.25 bits per heavy atom. The van der Waals surface area contributed by atoms with Gasteiger partial charge in [-0.3, -0.25) is 9.59 Å². The van der Waals surface area contributed by atoms with E-state index in [2.05, 4.69) is 15.9 Å². The molecule has 1 aliphatic heterocycles. The Hall–Kier alpha value is -1.11. The highest BCUT2D eigenvalue weighted by molar-refractivity contribution is 9.10. The average molecular weight is 363 g/mol. The normalized spacial score (nSPS) is 18.9. The van der Waals surface area contributed by atoms with Crippen LogP contribution in [0, 0.1) is 0 Å². The summed E-state index contributed by atoms with van der Waals surface area (Å²) in [4.78, 5) is 24.7. The average Bonchev–Trinajstić information content (AvgIpc) is 2.40. The number of hydrogen-bond acceptors (Lipinski definition) is 3. The van der Waals surface area contributed by atoms with Gasteiger partial charge in [-0.15, -0.1) is 0 Å². The highest BCUT2D eigenvalue weighted by atomic mass is 79.9. The van der Waals surface area contributed by atoms with Crippen LogP contribution >= 0.6 is 27.5 Å². The molecule has 0 saturated carbocycles. The molecule has 0 bridgehead atoms. The van der Waals surface area contributed by atoms with Gasteiger partial charge in [-0.05, 0) is 18.2 Å². The van der Waals surface area contributed by atoms with Crippen molar-refractivity contribution in [2.75, 3.05) is 19.7 Å². The van der Waals surface area contributed by atoms with Crippen LogP contribution < -0.4 is 0 Å². The Bertz CT molecular complexity index is 537. The smallest absolute Gasteiger partial charge is 0.306 e. The van der Waals surface area contributed by atoms with E-state index in [-0.39, 0.29) is 18.9 Å².